The molecule has 0 aliphatic heterocycles. The van der Waals surface area contributed by atoms with Crippen LogP contribution in [-0.2, 0) is 22.3 Å². The van der Waals surface area contributed by atoms with E-state index >= 15 is 0 Å². The van der Waals surface area contributed by atoms with Crippen molar-refractivity contribution >= 4 is 12.1 Å². The molecule has 0 saturated heterocycles. The highest BCUT2D eigenvalue weighted by molar-refractivity contribution is 5.81. The van der Waals surface area contributed by atoms with Crippen molar-refractivity contribution in [2.24, 2.45) is 0 Å². The van der Waals surface area contributed by atoms with Gasteiger partial charge in [-0.25, -0.2) is 14.0 Å². The highest BCUT2D eigenvalue weighted by Gasteiger charge is 2.37. The molecule has 1 unspecified atom stereocenters. The van der Waals surface area contributed by atoms with Gasteiger partial charge in [-0.05, 0) is 11.6 Å². The molecule has 0 fully saturated rings. The molecule has 0 spiro atoms. The van der Waals surface area contributed by atoms with Crippen LogP contribution >= 0.6 is 0 Å². The van der Waals surface area contributed by atoms with Crippen molar-refractivity contribution in [3.63, 3.8) is 0 Å². The van der Waals surface area contributed by atoms with E-state index in [1.165, 1.54) is 0 Å². The lowest BCUT2D eigenvalue weighted by Crippen LogP contribution is -2.35. The standard InChI is InChI=1S/C17H13F4NO4/c18-13-11(7-4-8-12(13)17(19,20)21)14(15(23)24)22-16(25)26-9-10-5-2-1-3-6-10/h1-8,14H,9H2,(H,22,25)(H,23,24). The quantitative estimate of drug-likeness (QED) is 0.782. The average molecular weight is 371 g/mol. The molecule has 2 N–H and O–H groups in total. The average Bonchev–Trinajstić information content (AvgIpc) is 2.58. The Morgan fingerprint density at radius 2 is 1.73 bits per heavy atom. The minimum absolute atomic E-state index is 0.190. The van der Waals surface area contributed by atoms with Crippen molar-refractivity contribution in [3.05, 3.63) is 71.0 Å². The van der Waals surface area contributed by atoms with Crippen molar-refractivity contribution in [3.8, 4) is 0 Å². The molecular formula is C17H13F4NO4. The van der Waals surface area contributed by atoms with Crippen LogP contribution in [0.2, 0.25) is 0 Å². The SMILES string of the molecule is O=C(NC(C(=O)O)c1cccc(C(F)(F)F)c1F)OCc1ccccc1. The highest BCUT2D eigenvalue weighted by atomic mass is 19.4. The van der Waals surface area contributed by atoms with E-state index in [2.05, 4.69) is 0 Å². The van der Waals surface area contributed by atoms with Gasteiger partial charge in [-0.3, -0.25) is 0 Å². The zero-order valence-corrected chi connectivity index (χ0v) is 13.1. The molecule has 26 heavy (non-hydrogen) atoms. The number of carboxylic acids is 1. The molecule has 2 rings (SSSR count). The van der Waals surface area contributed by atoms with Crippen molar-refractivity contribution in [2.45, 2.75) is 18.8 Å². The minimum atomic E-state index is -5.00. The Hall–Kier alpha value is -3.10. The van der Waals surface area contributed by atoms with Crippen LogP contribution in [0, 0.1) is 5.82 Å². The fourth-order valence-electron chi connectivity index (χ4n) is 2.15. The predicted molar refractivity (Wildman–Crippen MR) is 81.5 cm³/mol. The van der Waals surface area contributed by atoms with Gasteiger partial charge >= 0.3 is 18.2 Å². The second-order valence-electron chi connectivity index (χ2n) is 5.18. The lowest BCUT2D eigenvalue weighted by molar-refractivity contribution is -0.142. The summed E-state index contributed by atoms with van der Waals surface area (Å²) in [5.41, 5.74) is -1.84. The van der Waals surface area contributed by atoms with Crippen LogP contribution in [0.1, 0.15) is 22.7 Å². The number of hydrogen-bond donors (Lipinski definition) is 2. The lowest BCUT2D eigenvalue weighted by atomic mass is 10.0. The Bertz CT molecular complexity index is 793. The first-order chi connectivity index (χ1) is 12.2. The molecule has 9 heteroatoms. The monoisotopic (exact) mass is 371 g/mol. The Morgan fingerprint density at radius 1 is 1.08 bits per heavy atom. The third-order valence-electron chi connectivity index (χ3n) is 3.37. The van der Waals surface area contributed by atoms with E-state index in [0.717, 1.165) is 12.1 Å². The van der Waals surface area contributed by atoms with Crippen LogP contribution in [0.4, 0.5) is 22.4 Å². The van der Waals surface area contributed by atoms with Gasteiger partial charge in [0, 0.05) is 5.56 Å². The molecule has 138 valence electrons. The Morgan fingerprint density at radius 3 is 2.31 bits per heavy atom. The smallest absolute Gasteiger partial charge is 0.419 e. The Balaban J connectivity index is 2.17. The second kappa shape index (κ2) is 7.85. The molecule has 1 amide bonds. The molecule has 2 aromatic rings. The summed E-state index contributed by atoms with van der Waals surface area (Å²) in [5.74, 6) is -3.50. The van der Waals surface area contributed by atoms with E-state index in [-0.39, 0.29) is 6.61 Å². The van der Waals surface area contributed by atoms with Gasteiger partial charge in [-0.2, -0.15) is 13.2 Å². The van der Waals surface area contributed by atoms with Crippen molar-refractivity contribution < 1.29 is 37.0 Å². The largest absolute Gasteiger partial charge is 0.479 e. The number of carbonyl (C=O) groups excluding carboxylic acids is 1. The van der Waals surface area contributed by atoms with Crippen LogP contribution in [0.5, 0.6) is 0 Å². The molecule has 0 heterocycles. The van der Waals surface area contributed by atoms with Gasteiger partial charge in [0.2, 0.25) is 0 Å². The second-order valence-corrected chi connectivity index (χ2v) is 5.18. The number of aliphatic carboxylic acids is 1. The van der Waals surface area contributed by atoms with Gasteiger partial charge in [0.05, 0.1) is 5.56 Å². The number of alkyl halides is 3. The number of nitrogens with one attached hydrogen (secondary N) is 1. The normalized spacial score (nSPS) is 12.3. The maximum absolute atomic E-state index is 14.1. The van der Waals surface area contributed by atoms with Gasteiger partial charge in [0.1, 0.15) is 12.4 Å². The van der Waals surface area contributed by atoms with E-state index < -0.39 is 41.2 Å². The number of carbonyl (C=O) groups is 2. The molecule has 1 atom stereocenters. The molecule has 0 radical (unpaired) electrons. The van der Waals surface area contributed by atoms with Crippen LogP contribution in [0.25, 0.3) is 0 Å². The number of alkyl carbamates (subject to hydrolysis) is 1. The topological polar surface area (TPSA) is 75.6 Å². The van der Waals surface area contributed by atoms with E-state index in [4.69, 9.17) is 9.84 Å². The Kier molecular flexibility index (Phi) is 5.81. The van der Waals surface area contributed by atoms with Crippen LogP contribution < -0.4 is 5.32 Å². The summed E-state index contributed by atoms with van der Waals surface area (Å²) >= 11 is 0. The first-order valence-electron chi connectivity index (χ1n) is 7.25. The predicted octanol–water partition coefficient (Wildman–Crippen LogP) is 3.90. The van der Waals surface area contributed by atoms with Gasteiger partial charge in [-0.1, -0.05) is 42.5 Å². The summed E-state index contributed by atoms with van der Waals surface area (Å²) in [7, 11) is 0. The molecule has 0 aliphatic carbocycles. The van der Waals surface area contributed by atoms with Crippen LogP contribution in [-0.4, -0.2) is 17.2 Å². The van der Waals surface area contributed by atoms with E-state index in [1.807, 2.05) is 5.32 Å². The Labute approximate surface area is 145 Å². The molecular weight excluding hydrogens is 358 g/mol. The molecule has 2 aromatic carbocycles. The number of ether oxygens (including phenoxy) is 1. The van der Waals surface area contributed by atoms with Gasteiger partial charge in [0.15, 0.2) is 6.04 Å². The number of halogens is 4. The van der Waals surface area contributed by atoms with E-state index in [9.17, 15) is 27.2 Å². The summed E-state index contributed by atoms with van der Waals surface area (Å²) in [6, 6.07) is 8.55. The summed E-state index contributed by atoms with van der Waals surface area (Å²) in [6.45, 7) is -0.190. The number of carboxylic acid groups (broad SMARTS) is 1. The zero-order valence-electron chi connectivity index (χ0n) is 13.1. The summed E-state index contributed by atoms with van der Waals surface area (Å²) in [5, 5.41) is 11.0. The first-order valence-corrected chi connectivity index (χ1v) is 7.25. The third-order valence-corrected chi connectivity index (χ3v) is 3.37. The molecule has 0 saturated carbocycles. The highest BCUT2D eigenvalue weighted by Crippen LogP contribution is 2.34. The van der Waals surface area contributed by atoms with E-state index in [0.29, 0.717) is 11.6 Å². The van der Waals surface area contributed by atoms with Crippen LogP contribution in [0.15, 0.2) is 48.5 Å². The number of amides is 1. The molecule has 5 nitrogen and oxygen atoms in total. The van der Waals surface area contributed by atoms with Gasteiger partial charge < -0.3 is 15.2 Å². The third kappa shape index (κ3) is 4.71. The maximum atomic E-state index is 14.1. The zero-order chi connectivity index (χ0) is 19.3. The van der Waals surface area contributed by atoms with Crippen molar-refractivity contribution in [1.29, 1.82) is 0 Å². The number of benzene rings is 2. The maximum Gasteiger partial charge on any atom is 0.419 e. The van der Waals surface area contributed by atoms with Gasteiger partial charge in [-0.15, -0.1) is 0 Å². The summed E-state index contributed by atoms with van der Waals surface area (Å²) < 4.78 is 57.2. The fourth-order valence-corrected chi connectivity index (χ4v) is 2.15. The molecule has 0 bridgehead atoms. The number of rotatable bonds is 5. The van der Waals surface area contributed by atoms with Crippen molar-refractivity contribution in [1.82, 2.24) is 5.32 Å². The fraction of sp³-hybridized carbons (Fsp3) is 0.176. The van der Waals surface area contributed by atoms with E-state index in [1.54, 1.807) is 30.3 Å². The number of hydrogen-bond acceptors (Lipinski definition) is 3. The van der Waals surface area contributed by atoms with Crippen LogP contribution in [0.3, 0.4) is 0 Å². The van der Waals surface area contributed by atoms with Gasteiger partial charge in [0.25, 0.3) is 0 Å². The summed E-state index contributed by atoms with van der Waals surface area (Å²) in [4.78, 5) is 23.1. The lowest BCUT2D eigenvalue weighted by Gasteiger charge is -2.18. The summed E-state index contributed by atoms with van der Waals surface area (Å²) in [6.07, 6.45) is -6.21. The molecule has 0 aromatic heterocycles. The first kappa shape index (κ1) is 19.2. The van der Waals surface area contributed by atoms with Crippen molar-refractivity contribution in [2.75, 3.05) is 0 Å². The minimum Gasteiger partial charge on any atom is -0.479 e. The molecule has 0 aliphatic rings.